The smallest absolute Gasteiger partial charge is 0.261 e. The lowest BCUT2D eigenvalue weighted by atomic mass is 10.1. The van der Waals surface area contributed by atoms with E-state index < -0.39 is 11.9 Å². The zero-order chi connectivity index (χ0) is 22.0. The second-order valence-corrected chi connectivity index (χ2v) is 7.52. The van der Waals surface area contributed by atoms with E-state index in [1.165, 1.54) is 10.9 Å². The van der Waals surface area contributed by atoms with Gasteiger partial charge in [0.25, 0.3) is 5.56 Å². The average Bonchev–Trinajstić information content (AvgIpc) is 3.19. The van der Waals surface area contributed by atoms with Crippen molar-refractivity contribution in [3.63, 3.8) is 0 Å². The van der Waals surface area contributed by atoms with E-state index in [2.05, 4.69) is 15.4 Å². The predicted octanol–water partition coefficient (Wildman–Crippen LogP) is 3.01. The monoisotopic (exact) mass is 437 g/mol. The highest BCUT2D eigenvalue weighted by Gasteiger charge is 2.22. The molecule has 1 atom stereocenters. The number of benzene rings is 2. The van der Waals surface area contributed by atoms with E-state index in [4.69, 9.17) is 11.6 Å². The Hall–Kier alpha value is -3.49. The molecule has 2 aromatic carbocycles. The number of halogens is 1. The first-order valence-electron chi connectivity index (χ1n) is 9.64. The molecule has 1 amide bonds. The van der Waals surface area contributed by atoms with Gasteiger partial charge >= 0.3 is 0 Å². The van der Waals surface area contributed by atoms with E-state index in [9.17, 15) is 14.7 Å². The lowest BCUT2D eigenvalue weighted by Gasteiger charge is -2.19. The van der Waals surface area contributed by atoms with Crippen molar-refractivity contribution in [1.82, 2.24) is 19.3 Å². The number of aliphatic hydroxyl groups is 1. The van der Waals surface area contributed by atoms with Crippen LogP contribution in [0.5, 0.6) is 0 Å². The summed E-state index contributed by atoms with van der Waals surface area (Å²) in [6.07, 6.45) is 3.23. The van der Waals surface area contributed by atoms with Gasteiger partial charge in [-0.1, -0.05) is 23.7 Å². The van der Waals surface area contributed by atoms with Gasteiger partial charge in [-0.15, -0.1) is 0 Å². The molecule has 0 bridgehead atoms. The van der Waals surface area contributed by atoms with Crippen LogP contribution in [-0.2, 0) is 11.8 Å². The standard InChI is InChI=1S/C22H20ClN5O3/c1-27-10-8-18(26-27)14-2-5-16(6-3-14)25-21(30)20(9-11-29)28-13-24-19-12-15(23)4-7-17(19)22(28)31/h2-8,10,12-13,20,29H,9,11H2,1H3,(H,25,30)/t20-/m1/s1. The van der Waals surface area contributed by atoms with E-state index in [1.54, 1.807) is 35.0 Å². The molecule has 0 aliphatic rings. The van der Waals surface area contributed by atoms with E-state index in [1.807, 2.05) is 31.4 Å². The molecule has 158 valence electrons. The third-order valence-corrected chi connectivity index (χ3v) is 5.18. The molecule has 2 heterocycles. The summed E-state index contributed by atoms with van der Waals surface area (Å²) in [6, 6.07) is 13.0. The Morgan fingerprint density at radius 1 is 1.19 bits per heavy atom. The van der Waals surface area contributed by atoms with Crippen LogP contribution in [0.15, 0.2) is 65.8 Å². The van der Waals surface area contributed by atoms with Gasteiger partial charge < -0.3 is 10.4 Å². The van der Waals surface area contributed by atoms with Gasteiger partial charge in [0, 0.05) is 42.5 Å². The first-order chi connectivity index (χ1) is 15.0. The number of aliphatic hydroxyl groups excluding tert-OH is 1. The Kier molecular flexibility index (Phi) is 5.83. The summed E-state index contributed by atoms with van der Waals surface area (Å²) in [5, 5.41) is 17.5. The van der Waals surface area contributed by atoms with Gasteiger partial charge in [0.05, 0.1) is 22.9 Å². The number of aromatic nitrogens is 4. The molecule has 9 heteroatoms. The van der Waals surface area contributed by atoms with Gasteiger partial charge in [-0.2, -0.15) is 5.10 Å². The number of carbonyl (C=O) groups is 1. The normalized spacial score (nSPS) is 12.1. The zero-order valence-corrected chi connectivity index (χ0v) is 17.5. The van der Waals surface area contributed by atoms with Crippen LogP contribution in [0.3, 0.4) is 0 Å². The molecule has 0 saturated heterocycles. The van der Waals surface area contributed by atoms with Gasteiger partial charge in [0.1, 0.15) is 6.04 Å². The van der Waals surface area contributed by atoms with Crippen molar-refractivity contribution in [1.29, 1.82) is 0 Å². The Balaban J connectivity index is 1.59. The Morgan fingerprint density at radius 2 is 1.97 bits per heavy atom. The Labute approximate surface area is 182 Å². The zero-order valence-electron chi connectivity index (χ0n) is 16.7. The minimum atomic E-state index is -0.916. The molecule has 31 heavy (non-hydrogen) atoms. The molecule has 4 rings (SSSR count). The van der Waals surface area contributed by atoms with Crippen LogP contribution >= 0.6 is 11.6 Å². The maximum absolute atomic E-state index is 13.0. The number of rotatable bonds is 6. The van der Waals surface area contributed by atoms with Crippen molar-refractivity contribution >= 4 is 34.1 Å². The first-order valence-corrected chi connectivity index (χ1v) is 10.0. The van der Waals surface area contributed by atoms with Crippen LogP contribution in [0.1, 0.15) is 12.5 Å². The largest absolute Gasteiger partial charge is 0.396 e. The van der Waals surface area contributed by atoms with Gasteiger partial charge in [-0.3, -0.25) is 18.8 Å². The summed E-state index contributed by atoms with van der Waals surface area (Å²) >= 11 is 5.96. The molecule has 0 spiro atoms. The number of amides is 1. The number of anilines is 1. The van der Waals surface area contributed by atoms with Gasteiger partial charge in [-0.05, 0) is 36.4 Å². The summed E-state index contributed by atoms with van der Waals surface area (Å²) in [6.45, 7) is -0.262. The van der Waals surface area contributed by atoms with Crippen LogP contribution in [-0.4, -0.2) is 37.0 Å². The highest BCUT2D eigenvalue weighted by molar-refractivity contribution is 6.31. The molecule has 0 saturated carbocycles. The number of aryl methyl sites for hydroxylation is 1. The third kappa shape index (κ3) is 4.35. The van der Waals surface area contributed by atoms with E-state index in [-0.39, 0.29) is 18.6 Å². The highest BCUT2D eigenvalue weighted by Crippen LogP contribution is 2.21. The first kappa shape index (κ1) is 20.8. The van der Waals surface area contributed by atoms with Crippen LogP contribution < -0.4 is 10.9 Å². The van der Waals surface area contributed by atoms with Crippen LogP contribution in [0.4, 0.5) is 5.69 Å². The average molecular weight is 438 g/mol. The molecule has 0 aliphatic heterocycles. The van der Waals surface area contributed by atoms with E-state index in [0.29, 0.717) is 21.6 Å². The SMILES string of the molecule is Cn1ccc(-c2ccc(NC(=O)[C@@H](CCO)n3cnc4cc(Cl)ccc4c3=O)cc2)n1. The number of fused-ring (bicyclic) bond motifs is 1. The van der Waals surface area contributed by atoms with Gasteiger partial charge in [0.2, 0.25) is 5.91 Å². The second kappa shape index (κ2) is 8.71. The van der Waals surface area contributed by atoms with Crippen molar-refractivity contribution in [2.75, 3.05) is 11.9 Å². The number of nitrogens with zero attached hydrogens (tertiary/aromatic N) is 4. The van der Waals surface area contributed by atoms with Crippen molar-refractivity contribution in [3.8, 4) is 11.3 Å². The van der Waals surface area contributed by atoms with Crippen LogP contribution in [0.25, 0.3) is 22.2 Å². The summed E-state index contributed by atoms with van der Waals surface area (Å²) in [4.78, 5) is 30.1. The third-order valence-electron chi connectivity index (χ3n) is 4.95. The molecule has 0 radical (unpaired) electrons. The highest BCUT2D eigenvalue weighted by atomic mass is 35.5. The molecular weight excluding hydrogens is 418 g/mol. The summed E-state index contributed by atoms with van der Waals surface area (Å²) in [7, 11) is 1.84. The van der Waals surface area contributed by atoms with Crippen molar-refractivity contribution in [2.24, 2.45) is 7.05 Å². The second-order valence-electron chi connectivity index (χ2n) is 7.09. The fourth-order valence-corrected chi connectivity index (χ4v) is 3.53. The predicted molar refractivity (Wildman–Crippen MR) is 119 cm³/mol. The maximum Gasteiger partial charge on any atom is 0.261 e. The molecule has 2 N–H and O–H groups in total. The summed E-state index contributed by atoms with van der Waals surface area (Å²) < 4.78 is 2.96. The molecule has 2 aromatic heterocycles. The molecule has 4 aromatic rings. The maximum atomic E-state index is 13.0. The van der Waals surface area contributed by atoms with E-state index >= 15 is 0 Å². The molecule has 0 unspecified atom stereocenters. The van der Waals surface area contributed by atoms with Gasteiger partial charge in [-0.25, -0.2) is 4.98 Å². The number of nitrogens with one attached hydrogen (secondary N) is 1. The molecule has 0 fully saturated rings. The lowest BCUT2D eigenvalue weighted by molar-refractivity contribution is -0.119. The molecule has 0 aliphatic carbocycles. The molecular formula is C22H20ClN5O3. The topological polar surface area (TPSA) is 102 Å². The fraction of sp³-hybridized carbons (Fsp3) is 0.182. The summed E-state index contributed by atoms with van der Waals surface area (Å²) in [5.41, 5.74) is 2.38. The number of carbonyl (C=O) groups excluding carboxylic acids is 1. The van der Waals surface area contributed by atoms with Crippen LogP contribution in [0.2, 0.25) is 5.02 Å². The fourth-order valence-electron chi connectivity index (χ4n) is 3.37. The minimum absolute atomic E-state index is 0.0680. The molecule has 8 nitrogen and oxygen atoms in total. The summed E-state index contributed by atoms with van der Waals surface area (Å²) in [5.74, 6) is -0.420. The van der Waals surface area contributed by atoms with E-state index in [0.717, 1.165) is 11.3 Å². The number of hydrogen-bond acceptors (Lipinski definition) is 5. The van der Waals surface area contributed by atoms with Crippen molar-refractivity contribution < 1.29 is 9.90 Å². The van der Waals surface area contributed by atoms with Crippen molar-refractivity contribution in [3.05, 3.63) is 76.4 Å². The minimum Gasteiger partial charge on any atom is -0.396 e. The number of hydrogen-bond donors (Lipinski definition) is 2. The van der Waals surface area contributed by atoms with Gasteiger partial charge in [0.15, 0.2) is 0 Å². The quantitative estimate of drug-likeness (QED) is 0.482. The van der Waals surface area contributed by atoms with Crippen LogP contribution in [0, 0.1) is 0 Å². The Bertz CT molecular complexity index is 1300. The Morgan fingerprint density at radius 3 is 2.65 bits per heavy atom. The lowest BCUT2D eigenvalue weighted by Crippen LogP contribution is -2.34. The van der Waals surface area contributed by atoms with Crippen molar-refractivity contribution in [2.45, 2.75) is 12.5 Å².